The average Bonchev–Trinajstić information content (AvgIpc) is 2.88. The van der Waals surface area contributed by atoms with E-state index in [0.717, 1.165) is 0 Å². The number of hydrogen-bond donors (Lipinski definition) is 1. The van der Waals surface area contributed by atoms with Crippen molar-refractivity contribution >= 4 is 27.5 Å². The van der Waals surface area contributed by atoms with E-state index in [0.29, 0.717) is 16.8 Å². The zero-order valence-corrected chi connectivity index (χ0v) is 18.8. The smallest absolute Gasteiger partial charge is 0.339 e. The molecule has 4 aromatic carbocycles. The molecule has 4 rings (SSSR count). The second-order valence-corrected chi connectivity index (χ2v) is 9.10. The number of rotatable bonds is 8. The second kappa shape index (κ2) is 10.1. The van der Waals surface area contributed by atoms with E-state index in [2.05, 4.69) is 4.72 Å². The van der Waals surface area contributed by atoms with E-state index in [1.165, 1.54) is 24.3 Å². The highest BCUT2D eigenvalue weighted by Crippen LogP contribution is 2.25. The predicted molar refractivity (Wildman–Crippen MR) is 129 cm³/mol. The van der Waals surface area contributed by atoms with Crippen molar-refractivity contribution in [3.63, 3.8) is 0 Å². The lowest BCUT2D eigenvalue weighted by Gasteiger charge is -2.17. The molecule has 1 atom stereocenters. The van der Waals surface area contributed by atoms with Gasteiger partial charge < -0.3 is 4.74 Å². The van der Waals surface area contributed by atoms with Gasteiger partial charge in [-0.3, -0.25) is 9.52 Å². The Morgan fingerprint density at radius 2 is 1.18 bits per heavy atom. The number of ketones is 1. The second-order valence-electron chi connectivity index (χ2n) is 7.42. The number of anilines is 1. The lowest BCUT2D eigenvalue weighted by Crippen LogP contribution is -2.20. The van der Waals surface area contributed by atoms with Crippen molar-refractivity contribution in [2.45, 2.75) is 11.0 Å². The van der Waals surface area contributed by atoms with Crippen LogP contribution in [0.1, 0.15) is 32.4 Å². The fourth-order valence-corrected chi connectivity index (χ4v) is 4.38. The molecule has 4 aromatic rings. The number of carbonyl (C=O) groups is 2. The zero-order chi connectivity index (χ0) is 24.0. The maximum atomic E-state index is 13.1. The number of para-hydroxylation sites is 1. The molecule has 170 valence electrons. The molecule has 6 nitrogen and oxygen atoms in total. The van der Waals surface area contributed by atoms with Crippen LogP contribution in [0.25, 0.3) is 0 Å². The lowest BCUT2D eigenvalue weighted by molar-refractivity contribution is 0.0280. The molecule has 0 fully saturated rings. The first-order valence-corrected chi connectivity index (χ1v) is 12.0. The van der Waals surface area contributed by atoms with Gasteiger partial charge in [-0.1, -0.05) is 78.9 Å². The van der Waals surface area contributed by atoms with E-state index in [-0.39, 0.29) is 16.2 Å². The molecule has 0 aliphatic carbocycles. The summed E-state index contributed by atoms with van der Waals surface area (Å²) < 4.78 is 33.3. The Hall–Kier alpha value is -4.23. The largest absolute Gasteiger partial charge is 0.445 e. The maximum Gasteiger partial charge on any atom is 0.339 e. The molecule has 7 heteroatoms. The summed E-state index contributed by atoms with van der Waals surface area (Å²) in [4.78, 5) is 26.0. The van der Waals surface area contributed by atoms with Gasteiger partial charge in [0.25, 0.3) is 10.0 Å². The molecule has 0 amide bonds. The number of Topliss-reactive ketones (excluding diaryl/α,β-unsaturated/α-hetero) is 1. The quantitative estimate of drug-likeness (QED) is 0.279. The van der Waals surface area contributed by atoms with E-state index >= 15 is 0 Å². The average molecular weight is 472 g/mol. The lowest BCUT2D eigenvalue weighted by atomic mass is 10.00. The van der Waals surface area contributed by atoms with Gasteiger partial charge in [-0.25, -0.2) is 13.2 Å². The SMILES string of the molecule is O=C(O[C@H](C(=O)c1ccccc1)c1ccccc1)c1ccc(S(=O)(=O)Nc2ccccc2)cc1. The van der Waals surface area contributed by atoms with Gasteiger partial charge in [0.1, 0.15) is 0 Å². The number of carbonyl (C=O) groups excluding carboxylic acids is 2. The molecule has 0 aromatic heterocycles. The van der Waals surface area contributed by atoms with Gasteiger partial charge in [0.05, 0.1) is 10.5 Å². The summed E-state index contributed by atoms with van der Waals surface area (Å²) in [5, 5.41) is 0. The van der Waals surface area contributed by atoms with E-state index in [4.69, 9.17) is 4.74 Å². The molecular formula is C27H21NO5S. The van der Waals surface area contributed by atoms with E-state index in [1.54, 1.807) is 91.0 Å². The fourth-order valence-electron chi connectivity index (χ4n) is 3.32. The van der Waals surface area contributed by atoms with Crippen molar-refractivity contribution in [3.05, 3.63) is 132 Å². The number of sulfonamides is 1. The zero-order valence-electron chi connectivity index (χ0n) is 18.0. The minimum Gasteiger partial charge on any atom is -0.445 e. The standard InChI is InChI=1S/C27H21NO5S/c29-25(20-10-4-1-5-11-20)26(21-12-6-2-7-13-21)33-27(30)22-16-18-24(19-17-22)34(31,32)28-23-14-8-3-9-15-23/h1-19,26,28H/t26-/m0/s1. The molecule has 0 bridgehead atoms. The normalized spacial score (nSPS) is 11.9. The Labute approximate surface area is 197 Å². The Kier molecular flexibility index (Phi) is 6.85. The molecule has 0 saturated heterocycles. The topological polar surface area (TPSA) is 89.5 Å². The maximum absolute atomic E-state index is 13.1. The van der Waals surface area contributed by atoms with Crippen LogP contribution in [0.5, 0.6) is 0 Å². The molecule has 0 spiro atoms. The van der Waals surface area contributed by atoms with Crippen molar-refractivity contribution in [3.8, 4) is 0 Å². The van der Waals surface area contributed by atoms with Crippen LogP contribution in [-0.4, -0.2) is 20.2 Å². The highest BCUT2D eigenvalue weighted by Gasteiger charge is 2.27. The number of benzene rings is 4. The number of ether oxygens (including phenoxy) is 1. The Morgan fingerprint density at radius 1 is 0.647 bits per heavy atom. The van der Waals surface area contributed by atoms with Gasteiger partial charge in [0.2, 0.25) is 5.78 Å². The molecule has 34 heavy (non-hydrogen) atoms. The molecule has 0 saturated carbocycles. The summed E-state index contributed by atoms with van der Waals surface area (Å²) >= 11 is 0. The van der Waals surface area contributed by atoms with Gasteiger partial charge in [-0.05, 0) is 36.4 Å². The third-order valence-electron chi connectivity index (χ3n) is 5.05. The van der Waals surface area contributed by atoms with Gasteiger partial charge in [-0.15, -0.1) is 0 Å². The first-order chi connectivity index (χ1) is 16.4. The van der Waals surface area contributed by atoms with E-state index < -0.39 is 22.1 Å². The minimum atomic E-state index is -3.83. The molecule has 0 aliphatic rings. The number of nitrogens with one attached hydrogen (secondary N) is 1. The van der Waals surface area contributed by atoms with Crippen molar-refractivity contribution in [1.29, 1.82) is 0 Å². The highest BCUT2D eigenvalue weighted by molar-refractivity contribution is 7.92. The first kappa shape index (κ1) is 22.9. The molecule has 1 N–H and O–H groups in total. The van der Waals surface area contributed by atoms with Crippen LogP contribution in [-0.2, 0) is 14.8 Å². The summed E-state index contributed by atoms with van der Waals surface area (Å²) in [7, 11) is -3.83. The summed E-state index contributed by atoms with van der Waals surface area (Å²) in [6, 6.07) is 31.2. The first-order valence-electron chi connectivity index (χ1n) is 10.5. The summed E-state index contributed by atoms with van der Waals surface area (Å²) in [5.41, 5.74) is 1.50. The molecule has 0 heterocycles. The van der Waals surface area contributed by atoms with Crippen LogP contribution in [0.15, 0.2) is 120 Å². The van der Waals surface area contributed by atoms with Crippen LogP contribution < -0.4 is 4.72 Å². The summed E-state index contributed by atoms with van der Waals surface area (Å²) in [6.45, 7) is 0. The molecule has 0 unspecified atom stereocenters. The van der Waals surface area contributed by atoms with Gasteiger partial charge >= 0.3 is 5.97 Å². The van der Waals surface area contributed by atoms with Crippen LogP contribution >= 0.6 is 0 Å². The summed E-state index contributed by atoms with van der Waals surface area (Å²) in [5.74, 6) is -1.09. The van der Waals surface area contributed by atoms with Crippen molar-refractivity contribution in [1.82, 2.24) is 0 Å². The Bertz CT molecular complexity index is 1370. The van der Waals surface area contributed by atoms with E-state index in [1.807, 2.05) is 0 Å². The van der Waals surface area contributed by atoms with Gasteiger partial charge in [0.15, 0.2) is 6.10 Å². The highest BCUT2D eigenvalue weighted by atomic mass is 32.2. The third-order valence-corrected chi connectivity index (χ3v) is 6.45. The Balaban J connectivity index is 1.54. The number of esters is 1. The molecular weight excluding hydrogens is 450 g/mol. The monoisotopic (exact) mass is 471 g/mol. The van der Waals surface area contributed by atoms with Crippen molar-refractivity contribution in [2.75, 3.05) is 4.72 Å². The predicted octanol–water partition coefficient (Wildman–Crippen LogP) is 5.27. The van der Waals surface area contributed by atoms with Crippen molar-refractivity contribution in [2.24, 2.45) is 0 Å². The minimum absolute atomic E-state index is 0.00660. The van der Waals surface area contributed by atoms with E-state index in [9.17, 15) is 18.0 Å². The Morgan fingerprint density at radius 3 is 1.76 bits per heavy atom. The molecule has 0 radical (unpaired) electrons. The van der Waals surface area contributed by atoms with Gasteiger partial charge in [-0.2, -0.15) is 0 Å². The van der Waals surface area contributed by atoms with Gasteiger partial charge in [0, 0.05) is 16.8 Å². The van der Waals surface area contributed by atoms with Crippen LogP contribution in [0.3, 0.4) is 0 Å². The third kappa shape index (κ3) is 5.39. The fraction of sp³-hybridized carbons (Fsp3) is 0.0370. The van der Waals surface area contributed by atoms with Crippen LogP contribution in [0.2, 0.25) is 0 Å². The summed E-state index contributed by atoms with van der Waals surface area (Å²) in [6.07, 6.45) is -1.14. The van der Waals surface area contributed by atoms with Crippen molar-refractivity contribution < 1.29 is 22.7 Å². The van der Waals surface area contributed by atoms with Crippen LogP contribution in [0.4, 0.5) is 5.69 Å². The number of hydrogen-bond acceptors (Lipinski definition) is 5. The molecule has 0 aliphatic heterocycles. The van der Waals surface area contributed by atoms with Crippen LogP contribution in [0, 0.1) is 0 Å².